The summed E-state index contributed by atoms with van der Waals surface area (Å²) in [6.45, 7) is 6.73. The van der Waals surface area contributed by atoms with Crippen molar-refractivity contribution < 1.29 is 23.8 Å². The van der Waals surface area contributed by atoms with E-state index in [1.165, 1.54) is 0 Å². The number of alkyl halides is 1. The molecule has 5 nitrogen and oxygen atoms in total. The Kier molecular flexibility index (Phi) is 8.54. The maximum Gasteiger partial charge on any atom is 0.410 e. The summed E-state index contributed by atoms with van der Waals surface area (Å²) in [6.07, 6.45) is 0.601. The van der Waals surface area contributed by atoms with Gasteiger partial charge in [0.25, 0.3) is 0 Å². The predicted octanol–water partition coefficient (Wildman–Crippen LogP) is 3.27. The minimum Gasteiger partial charge on any atom is -0.491 e. The van der Waals surface area contributed by atoms with Crippen molar-refractivity contribution in [3.05, 3.63) is 30.3 Å². The molecule has 0 spiro atoms. The van der Waals surface area contributed by atoms with Crippen LogP contribution in [0.4, 0.5) is 9.18 Å². The third-order valence-corrected chi connectivity index (χ3v) is 3.28. The zero-order chi connectivity index (χ0) is 18.0. The maximum atomic E-state index is 11.6. The van der Waals surface area contributed by atoms with E-state index in [0.717, 1.165) is 12.2 Å². The summed E-state index contributed by atoms with van der Waals surface area (Å²) in [6, 6.07) is 9.20. The molecule has 0 unspecified atom stereocenters. The number of amides is 1. The Balaban J connectivity index is 0.000000254. The molecule has 1 amide bonds. The summed E-state index contributed by atoms with van der Waals surface area (Å²) >= 11 is 0. The van der Waals surface area contributed by atoms with Crippen LogP contribution in [0.2, 0.25) is 0 Å². The number of likely N-dealkylation sites (tertiary alicyclic amines) is 1. The Morgan fingerprint density at radius 1 is 1.33 bits per heavy atom. The number of ether oxygens (including phenoxy) is 2. The smallest absolute Gasteiger partial charge is 0.410 e. The number of benzene rings is 1. The van der Waals surface area contributed by atoms with Crippen LogP contribution in [0.15, 0.2) is 30.3 Å². The number of hydrogen-bond acceptors (Lipinski definition) is 4. The van der Waals surface area contributed by atoms with Crippen LogP contribution in [0, 0.1) is 5.92 Å². The van der Waals surface area contributed by atoms with Crippen molar-refractivity contribution >= 4 is 6.09 Å². The van der Waals surface area contributed by atoms with E-state index in [1.54, 1.807) is 17.0 Å². The van der Waals surface area contributed by atoms with Crippen molar-refractivity contribution in [2.24, 2.45) is 5.92 Å². The molecule has 136 valence electrons. The lowest BCUT2D eigenvalue weighted by atomic mass is 10.1. The van der Waals surface area contributed by atoms with Crippen LogP contribution in [0.1, 0.15) is 27.2 Å². The lowest BCUT2D eigenvalue weighted by molar-refractivity contribution is 0.0284. The first-order chi connectivity index (χ1) is 11.4. The van der Waals surface area contributed by atoms with Gasteiger partial charge in [0.15, 0.2) is 0 Å². The molecule has 1 atom stereocenters. The first kappa shape index (κ1) is 20.2. The molecule has 1 aliphatic heterocycles. The number of carbonyl (C=O) groups excluding carboxylic acids is 1. The first-order valence-corrected chi connectivity index (χ1v) is 8.18. The topological polar surface area (TPSA) is 59.0 Å². The van der Waals surface area contributed by atoms with Gasteiger partial charge in [-0.15, -0.1) is 0 Å². The molecule has 1 aliphatic rings. The first-order valence-electron chi connectivity index (χ1n) is 8.18. The minimum absolute atomic E-state index is 0.143. The Bertz CT molecular complexity index is 476. The fourth-order valence-electron chi connectivity index (χ4n) is 2.15. The van der Waals surface area contributed by atoms with E-state index < -0.39 is 12.3 Å². The molecule has 1 saturated heterocycles. The van der Waals surface area contributed by atoms with Gasteiger partial charge < -0.3 is 19.5 Å². The van der Waals surface area contributed by atoms with Crippen molar-refractivity contribution in [3.63, 3.8) is 0 Å². The van der Waals surface area contributed by atoms with Crippen LogP contribution in [0.25, 0.3) is 0 Å². The second kappa shape index (κ2) is 10.1. The third kappa shape index (κ3) is 8.15. The van der Waals surface area contributed by atoms with Crippen molar-refractivity contribution in [3.8, 4) is 5.75 Å². The number of rotatable bonds is 4. The van der Waals surface area contributed by atoms with Gasteiger partial charge in [0.05, 0.1) is 0 Å². The highest BCUT2D eigenvalue weighted by atomic mass is 19.1. The van der Waals surface area contributed by atoms with Crippen molar-refractivity contribution in [1.29, 1.82) is 0 Å². The SMILES string of the molecule is CC(C)(C)OC(=O)N1CC[C@H](CO)C1.FCCOc1ccccc1. The molecule has 0 saturated carbocycles. The largest absolute Gasteiger partial charge is 0.491 e. The molecular weight excluding hydrogens is 313 g/mol. The average molecular weight is 341 g/mol. The minimum atomic E-state index is -0.436. The third-order valence-electron chi connectivity index (χ3n) is 3.28. The zero-order valence-electron chi connectivity index (χ0n) is 14.7. The van der Waals surface area contributed by atoms with E-state index in [-0.39, 0.29) is 25.2 Å². The second-order valence-electron chi connectivity index (χ2n) is 6.61. The van der Waals surface area contributed by atoms with Crippen LogP contribution in [0.3, 0.4) is 0 Å². The molecule has 1 heterocycles. The number of aliphatic hydroxyl groups is 1. The van der Waals surface area contributed by atoms with Gasteiger partial charge in [-0.2, -0.15) is 0 Å². The predicted molar refractivity (Wildman–Crippen MR) is 90.9 cm³/mol. The van der Waals surface area contributed by atoms with Crippen LogP contribution < -0.4 is 4.74 Å². The van der Waals surface area contributed by atoms with Gasteiger partial charge in [0.2, 0.25) is 0 Å². The molecule has 0 bridgehead atoms. The van der Waals surface area contributed by atoms with Gasteiger partial charge in [-0.1, -0.05) is 18.2 Å². The average Bonchev–Trinajstić information content (AvgIpc) is 3.02. The van der Waals surface area contributed by atoms with Gasteiger partial charge in [-0.25, -0.2) is 9.18 Å². The Morgan fingerprint density at radius 2 is 2.00 bits per heavy atom. The van der Waals surface area contributed by atoms with Gasteiger partial charge in [0.1, 0.15) is 24.6 Å². The van der Waals surface area contributed by atoms with Crippen molar-refractivity contribution in [1.82, 2.24) is 4.90 Å². The number of aliphatic hydroxyl groups excluding tert-OH is 1. The summed E-state index contributed by atoms with van der Waals surface area (Å²) in [5, 5.41) is 8.92. The Hall–Kier alpha value is -1.82. The van der Waals surface area contributed by atoms with E-state index >= 15 is 0 Å². The molecule has 0 aromatic heterocycles. The van der Waals surface area contributed by atoms with Crippen LogP contribution in [-0.2, 0) is 4.74 Å². The molecule has 24 heavy (non-hydrogen) atoms. The Morgan fingerprint density at radius 3 is 2.50 bits per heavy atom. The highest BCUT2D eigenvalue weighted by Crippen LogP contribution is 2.18. The van der Waals surface area contributed by atoms with Gasteiger partial charge in [-0.05, 0) is 39.3 Å². The van der Waals surface area contributed by atoms with Gasteiger partial charge in [-0.3, -0.25) is 0 Å². The quantitative estimate of drug-likeness (QED) is 0.913. The molecule has 2 rings (SSSR count). The van der Waals surface area contributed by atoms with Crippen LogP contribution >= 0.6 is 0 Å². The van der Waals surface area contributed by atoms with E-state index in [9.17, 15) is 9.18 Å². The van der Waals surface area contributed by atoms with Crippen LogP contribution in [-0.4, -0.2) is 54.7 Å². The molecular formula is C18H28FNO4. The summed E-state index contributed by atoms with van der Waals surface area (Å²) in [5.41, 5.74) is -0.436. The molecule has 1 aromatic carbocycles. The van der Waals surface area contributed by atoms with Gasteiger partial charge in [0, 0.05) is 25.6 Å². The lowest BCUT2D eigenvalue weighted by Crippen LogP contribution is -2.35. The maximum absolute atomic E-state index is 11.6. The number of para-hydroxylation sites is 1. The van der Waals surface area contributed by atoms with Crippen molar-refractivity contribution in [2.75, 3.05) is 33.0 Å². The van der Waals surface area contributed by atoms with Gasteiger partial charge >= 0.3 is 6.09 Å². The van der Waals surface area contributed by atoms with E-state index in [2.05, 4.69) is 0 Å². The standard InChI is InChI=1S/C10H19NO3.C8H9FO/c1-10(2,3)14-9(13)11-5-4-8(6-11)7-12;9-6-7-10-8-4-2-1-3-5-8/h8,12H,4-7H2,1-3H3;1-5H,6-7H2/t8-;/m0./s1. The number of nitrogens with zero attached hydrogens (tertiary/aromatic N) is 1. The normalized spacial score (nSPS) is 17.0. The molecule has 1 aromatic rings. The van der Waals surface area contributed by atoms with E-state index in [1.807, 2.05) is 39.0 Å². The van der Waals surface area contributed by atoms with Crippen molar-refractivity contribution in [2.45, 2.75) is 32.8 Å². The molecule has 1 N–H and O–H groups in total. The number of hydrogen-bond donors (Lipinski definition) is 1. The fraction of sp³-hybridized carbons (Fsp3) is 0.611. The van der Waals surface area contributed by atoms with E-state index in [4.69, 9.17) is 14.6 Å². The van der Waals surface area contributed by atoms with E-state index in [0.29, 0.717) is 13.1 Å². The zero-order valence-corrected chi connectivity index (χ0v) is 14.7. The molecule has 0 radical (unpaired) electrons. The lowest BCUT2D eigenvalue weighted by Gasteiger charge is -2.24. The molecule has 1 fully saturated rings. The number of halogens is 1. The fourth-order valence-corrected chi connectivity index (χ4v) is 2.15. The Labute approximate surface area is 143 Å². The monoisotopic (exact) mass is 341 g/mol. The van der Waals surface area contributed by atoms with Crippen LogP contribution in [0.5, 0.6) is 5.75 Å². The second-order valence-corrected chi connectivity index (χ2v) is 6.61. The highest BCUT2D eigenvalue weighted by molar-refractivity contribution is 5.68. The number of carbonyl (C=O) groups is 1. The summed E-state index contributed by atoms with van der Waals surface area (Å²) in [5.74, 6) is 0.947. The summed E-state index contributed by atoms with van der Waals surface area (Å²) < 4.78 is 21.8. The highest BCUT2D eigenvalue weighted by Gasteiger charge is 2.29. The molecule has 0 aliphatic carbocycles. The summed E-state index contributed by atoms with van der Waals surface area (Å²) in [7, 11) is 0. The summed E-state index contributed by atoms with van der Waals surface area (Å²) in [4.78, 5) is 13.2. The molecule has 6 heteroatoms.